The molecule has 3 aromatic carbocycles. The molecule has 5 nitrogen and oxygen atoms in total. The molecule has 0 aliphatic heterocycles. The fourth-order valence-corrected chi connectivity index (χ4v) is 4.19. The lowest BCUT2D eigenvalue weighted by Gasteiger charge is -2.24. The maximum Gasteiger partial charge on any atom is 0.356 e. The number of hydrogen-bond acceptors (Lipinski definition) is 3. The first-order chi connectivity index (χ1) is 15.5. The molecule has 0 saturated heterocycles. The van der Waals surface area contributed by atoms with E-state index in [2.05, 4.69) is 4.98 Å². The van der Waals surface area contributed by atoms with Crippen molar-refractivity contribution in [3.8, 4) is 0 Å². The zero-order valence-corrected chi connectivity index (χ0v) is 18.8. The topological polar surface area (TPSA) is 62.4 Å². The number of esters is 1. The summed E-state index contributed by atoms with van der Waals surface area (Å²) in [6.07, 6.45) is 0. The van der Waals surface area contributed by atoms with Crippen molar-refractivity contribution in [2.24, 2.45) is 0 Å². The molecule has 0 aliphatic carbocycles. The van der Waals surface area contributed by atoms with Crippen LogP contribution in [0, 0.1) is 0 Å². The molecule has 0 radical (unpaired) electrons. The van der Waals surface area contributed by atoms with Gasteiger partial charge in [0.15, 0.2) is 0 Å². The van der Waals surface area contributed by atoms with Crippen molar-refractivity contribution < 1.29 is 14.3 Å². The molecule has 1 N–H and O–H groups in total. The van der Waals surface area contributed by atoms with Crippen LogP contribution in [0.3, 0.4) is 0 Å². The number of rotatable bonds is 6. The Bertz CT molecular complexity index is 1270. The van der Waals surface area contributed by atoms with Gasteiger partial charge in [-0.2, -0.15) is 0 Å². The first kappa shape index (κ1) is 21.9. The average molecular weight is 467 g/mol. The van der Waals surface area contributed by atoms with Crippen LogP contribution in [0.5, 0.6) is 0 Å². The summed E-state index contributed by atoms with van der Waals surface area (Å²) in [6, 6.07) is 21.7. The third-order valence-electron chi connectivity index (χ3n) is 4.99. The predicted molar refractivity (Wildman–Crippen MR) is 128 cm³/mol. The summed E-state index contributed by atoms with van der Waals surface area (Å²) in [4.78, 5) is 31.2. The number of fused-ring (bicyclic) bond motifs is 1. The minimum Gasteiger partial charge on any atom is -0.461 e. The highest BCUT2D eigenvalue weighted by molar-refractivity contribution is 6.40. The lowest BCUT2D eigenvalue weighted by molar-refractivity contribution is 0.0521. The number of nitrogens with zero attached hydrogens (tertiary/aromatic N) is 1. The SMILES string of the molecule is CCOC(=O)c1[nH]c2cc(Cl)cc(Cl)c2c1N(Cc1ccccc1)C(=O)c1ccccc1. The van der Waals surface area contributed by atoms with E-state index >= 15 is 0 Å². The summed E-state index contributed by atoms with van der Waals surface area (Å²) in [5.74, 6) is -0.850. The standard InChI is InChI=1S/C25H20Cl2N2O3/c1-2-32-25(31)22-23(21-19(27)13-18(26)14-20(21)28-22)29(15-16-9-5-3-6-10-16)24(30)17-11-7-4-8-12-17/h3-14,28H,2,15H2,1H3. The van der Waals surface area contributed by atoms with Crippen LogP contribution in [-0.4, -0.2) is 23.5 Å². The van der Waals surface area contributed by atoms with Gasteiger partial charge < -0.3 is 14.6 Å². The van der Waals surface area contributed by atoms with Gasteiger partial charge in [0.2, 0.25) is 0 Å². The third kappa shape index (κ3) is 4.35. The Kier molecular flexibility index (Phi) is 6.49. The maximum atomic E-state index is 13.7. The van der Waals surface area contributed by atoms with Crippen molar-refractivity contribution in [1.29, 1.82) is 0 Å². The van der Waals surface area contributed by atoms with E-state index in [-0.39, 0.29) is 24.8 Å². The Morgan fingerprint density at radius 3 is 2.28 bits per heavy atom. The zero-order valence-electron chi connectivity index (χ0n) is 17.3. The molecule has 7 heteroatoms. The van der Waals surface area contributed by atoms with Crippen LogP contribution < -0.4 is 4.90 Å². The van der Waals surface area contributed by atoms with Gasteiger partial charge in [-0.25, -0.2) is 4.79 Å². The minimum atomic E-state index is -0.579. The van der Waals surface area contributed by atoms with Crippen LogP contribution in [0.1, 0.15) is 33.3 Å². The van der Waals surface area contributed by atoms with E-state index in [0.717, 1.165) is 5.56 Å². The monoisotopic (exact) mass is 466 g/mol. The lowest BCUT2D eigenvalue weighted by Crippen LogP contribution is -2.31. The van der Waals surface area contributed by atoms with E-state index in [9.17, 15) is 9.59 Å². The number of benzene rings is 3. The molecule has 0 atom stereocenters. The molecular weight excluding hydrogens is 447 g/mol. The van der Waals surface area contributed by atoms with E-state index in [1.807, 2.05) is 36.4 Å². The van der Waals surface area contributed by atoms with Crippen LogP contribution in [0.25, 0.3) is 10.9 Å². The van der Waals surface area contributed by atoms with E-state index in [4.69, 9.17) is 27.9 Å². The zero-order chi connectivity index (χ0) is 22.7. The van der Waals surface area contributed by atoms with Crippen molar-refractivity contribution in [1.82, 2.24) is 4.98 Å². The van der Waals surface area contributed by atoms with Gasteiger partial charge in [0.1, 0.15) is 5.69 Å². The Hall–Kier alpha value is -3.28. The molecule has 4 rings (SSSR count). The van der Waals surface area contributed by atoms with Crippen LogP contribution in [0.2, 0.25) is 10.0 Å². The summed E-state index contributed by atoms with van der Waals surface area (Å²) in [5, 5.41) is 1.27. The second-order valence-electron chi connectivity index (χ2n) is 7.12. The molecule has 32 heavy (non-hydrogen) atoms. The fraction of sp³-hybridized carbons (Fsp3) is 0.120. The van der Waals surface area contributed by atoms with Gasteiger partial charge >= 0.3 is 5.97 Å². The lowest BCUT2D eigenvalue weighted by atomic mass is 10.1. The number of H-pyrrole nitrogens is 1. The van der Waals surface area contributed by atoms with Gasteiger partial charge in [-0.3, -0.25) is 4.79 Å². The summed E-state index contributed by atoms with van der Waals surface area (Å²) in [5.41, 5.74) is 2.42. The van der Waals surface area contributed by atoms with Crippen molar-refractivity contribution >= 4 is 51.7 Å². The quantitative estimate of drug-likeness (QED) is 0.330. The Morgan fingerprint density at radius 2 is 1.62 bits per heavy atom. The van der Waals surface area contributed by atoms with Crippen molar-refractivity contribution in [3.63, 3.8) is 0 Å². The molecule has 1 amide bonds. The number of hydrogen-bond donors (Lipinski definition) is 1. The maximum absolute atomic E-state index is 13.7. The Balaban J connectivity index is 1.96. The number of halogens is 2. The van der Waals surface area contributed by atoms with E-state index in [1.54, 1.807) is 48.2 Å². The fourth-order valence-electron chi connectivity index (χ4n) is 3.61. The second kappa shape index (κ2) is 9.47. The average Bonchev–Trinajstić information content (AvgIpc) is 3.18. The molecule has 0 aliphatic rings. The number of aromatic nitrogens is 1. The smallest absolute Gasteiger partial charge is 0.356 e. The van der Waals surface area contributed by atoms with Crippen LogP contribution in [-0.2, 0) is 11.3 Å². The third-order valence-corrected chi connectivity index (χ3v) is 5.50. The molecule has 162 valence electrons. The summed E-state index contributed by atoms with van der Waals surface area (Å²) < 4.78 is 5.27. The van der Waals surface area contributed by atoms with Gasteiger partial charge in [0.25, 0.3) is 5.91 Å². The van der Waals surface area contributed by atoms with Gasteiger partial charge in [-0.05, 0) is 36.8 Å². The largest absolute Gasteiger partial charge is 0.461 e. The predicted octanol–water partition coefficient (Wildman–Crippen LogP) is 6.50. The molecule has 1 aromatic heterocycles. The van der Waals surface area contributed by atoms with E-state index in [0.29, 0.717) is 32.2 Å². The van der Waals surface area contributed by atoms with Crippen LogP contribution >= 0.6 is 23.2 Å². The molecule has 0 spiro atoms. The molecule has 1 heterocycles. The Morgan fingerprint density at radius 1 is 0.969 bits per heavy atom. The Labute approximate surface area is 195 Å². The highest BCUT2D eigenvalue weighted by atomic mass is 35.5. The summed E-state index contributed by atoms with van der Waals surface area (Å²) in [6.45, 7) is 2.14. The number of carbonyl (C=O) groups is 2. The summed E-state index contributed by atoms with van der Waals surface area (Å²) >= 11 is 12.8. The number of nitrogens with one attached hydrogen (secondary N) is 1. The molecule has 0 fully saturated rings. The second-order valence-corrected chi connectivity index (χ2v) is 7.97. The minimum absolute atomic E-state index is 0.145. The number of aromatic amines is 1. The van der Waals surface area contributed by atoms with E-state index < -0.39 is 5.97 Å². The number of amides is 1. The highest BCUT2D eigenvalue weighted by Crippen LogP contribution is 2.39. The van der Waals surface area contributed by atoms with Gasteiger partial charge in [0.05, 0.1) is 29.4 Å². The molecular formula is C25H20Cl2N2O3. The molecule has 0 bridgehead atoms. The van der Waals surface area contributed by atoms with Crippen molar-refractivity contribution in [2.45, 2.75) is 13.5 Å². The molecule has 0 unspecified atom stereocenters. The highest BCUT2D eigenvalue weighted by Gasteiger charge is 2.29. The first-order valence-electron chi connectivity index (χ1n) is 10.1. The normalized spacial score (nSPS) is 10.8. The molecule has 0 saturated carbocycles. The van der Waals surface area contributed by atoms with E-state index in [1.165, 1.54) is 0 Å². The van der Waals surface area contributed by atoms with Gasteiger partial charge in [-0.15, -0.1) is 0 Å². The van der Waals surface area contributed by atoms with Crippen molar-refractivity contribution in [2.75, 3.05) is 11.5 Å². The first-order valence-corrected chi connectivity index (χ1v) is 10.8. The van der Waals surface area contributed by atoms with Gasteiger partial charge in [-0.1, -0.05) is 71.7 Å². The van der Waals surface area contributed by atoms with Gasteiger partial charge in [0, 0.05) is 16.0 Å². The number of anilines is 1. The summed E-state index contributed by atoms with van der Waals surface area (Å²) in [7, 11) is 0. The van der Waals surface area contributed by atoms with Crippen molar-refractivity contribution in [3.05, 3.63) is 99.7 Å². The van der Waals surface area contributed by atoms with Crippen LogP contribution in [0.15, 0.2) is 72.8 Å². The molecule has 4 aromatic rings. The van der Waals surface area contributed by atoms with Crippen LogP contribution in [0.4, 0.5) is 5.69 Å². The number of ether oxygens (including phenoxy) is 1. The number of carbonyl (C=O) groups excluding carboxylic acids is 2.